The lowest BCUT2D eigenvalue weighted by atomic mass is 9.67. The fraction of sp³-hybridized carbons (Fsp3) is 1.00. The van der Waals surface area contributed by atoms with Gasteiger partial charge in [0.2, 0.25) is 0 Å². The lowest BCUT2D eigenvalue weighted by molar-refractivity contribution is -0.163. The van der Waals surface area contributed by atoms with E-state index in [2.05, 4.69) is 17.0 Å². The van der Waals surface area contributed by atoms with E-state index in [0.29, 0.717) is 12.0 Å². The predicted octanol–water partition coefficient (Wildman–Crippen LogP) is 1.76. The Kier molecular flexibility index (Phi) is 2.28. The van der Waals surface area contributed by atoms with Crippen molar-refractivity contribution in [1.82, 2.24) is 5.32 Å². The molecular formula is C9H15F2NO. The topological polar surface area (TPSA) is 21.3 Å². The Morgan fingerprint density at radius 1 is 1.54 bits per heavy atom. The number of rotatable bonds is 3. The van der Waals surface area contributed by atoms with Crippen molar-refractivity contribution in [3.63, 3.8) is 0 Å². The molecule has 1 N–H and O–H groups in total. The molecule has 3 atom stereocenters. The third-order valence-corrected chi connectivity index (χ3v) is 3.06. The molecule has 1 aliphatic carbocycles. The van der Waals surface area contributed by atoms with Crippen molar-refractivity contribution in [3.8, 4) is 0 Å². The van der Waals surface area contributed by atoms with Crippen LogP contribution in [-0.2, 0) is 4.74 Å². The summed E-state index contributed by atoms with van der Waals surface area (Å²) in [6.07, 6.45) is 3.15. The van der Waals surface area contributed by atoms with Crippen molar-refractivity contribution in [3.05, 3.63) is 0 Å². The minimum Gasteiger partial charge on any atom is -0.321 e. The van der Waals surface area contributed by atoms with E-state index in [1.54, 1.807) is 0 Å². The van der Waals surface area contributed by atoms with Gasteiger partial charge in [-0.15, -0.1) is 0 Å². The van der Waals surface area contributed by atoms with Crippen LogP contribution in [0.4, 0.5) is 8.78 Å². The first kappa shape index (κ1) is 9.34. The highest BCUT2D eigenvalue weighted by atomic mass is 19.3. The average Bonchev–Trinajstić information content (AvgIpc) is 1.98. The molecule has 1 saturated carbocycles. The highest BCUT2D eigenvalue weighted by Crippen LogP contribution is 2.41. The van der Waals surface area contributed by atoms with Crippen LogP contribution in [0.3, 0.4) is 0 Å². The Morgan fingerprint density at radius 3 is 2.77 bits per heavy atom. The average molecular weight is 191 g/mol. The van der Waals surface area contributed by atoms with Gasteiger partial charge in [-0.3, -0.25) is 0 Å². The highest BCUT2D eigenvalue weighted by Gasteiger charge is 2.49. The fourth-order valence-electron chi connectivity index (χ4n) is 2.79. The summed E-state index contributed by atoms with van der Waals surface area (Å²) in [5.41, 5.74) is -0.126. The van der Waals surface area contributed by atoms with Gasteiger partial charge >= 0.3 is 6.61 Å². The van der Waals surface area contributed by atoms with Crippen LogP contribution >= 0.6 is 0 Å². The molecule has 3 rings (SSSR count). The number of halogens is 2. The summed E-state index contributed by atoms with van der Waals surface area (Å²) in [6.45, 7) is -0.303. The van der Waals surface area contributed by atoms with Crippen LogP contribution in [0.25, 0.3) is 0 Å². The molecule has 2 aliphatic heterocycles. The summed E-state index contributed by atoms with van der Waals surface area (Å²) in [6, 6.07) is 0.546. The first-order valence-electron chi connectivity index (χ1n) is 4.77. The van der Waals surface area contributed by atoms with E-state index in [-0.39, 0.29) is 12.1 Å². The Bertz CT molecular complexity index is 192. The molecule has 0 aromatic heterocycles. The SMILES string of the molecule is CC1CC2CC(COC(F)F)(C1)N2. The monoisotopic (exact) mass is 191 g/mol. The van der Waals surface area contributed by atoms with Gasteiger partial charge in [-0.1, -0.05) is 6.92 Å². The fourth-order valence-corrected chi connectivity index (χ4v) is 2.79. The standard InChI is InChI=1S/C9H15F2NO/c1-6-2-7-4-9(3-6,12-7)5-13-8(10)11/h6-8,12H,2-5H2,1H3. The second-order valence-electron chi connectivity index (χ2n) is 4.44. The van der Waals surface area contributed by atoms with Crippen molar-refractivity contribution < 1.29 is 13.5 Å². The molecule has 0 aromatic carbocycles. The summed E-state index contributed by atoms with van der Waals surface area (Å²) in [4.78, 5) is 0. The molecule has 0 aromatic rings. The van der Waals surface area contributed by atoms with Crippen LogP contribution < -0.4 is 5.32 Å². The maximum absolute atomic E-state index is 11.8. The maximum atomic E-state index is 11.8. The zero-order valence-corrected chi connectivity index (χ0v) is 7.72. The Morgan fingerprint density at radius 2 is 2.23 bits per heavy atom. The number of fused-ring (bicyclic) bond motifs is 2. The summed E-state index contributed by atoms with van der Waals surface area (Å²) in [5, 5.41) is 3.32. The first-order valence-corrected chi connectivity index (χ1v) is 4.77. The van der Waals surface area contributed by atoms with Gasteiger partial charge in [0, 0.05) is 11.6 Å². The molecule has 0 radical (unpaired) electrons. The van der Waals surface area contributed by atoms with Crippen molar-refractivity contribution in [2.24, 2.45) is 5.92 Å². The minimum atomic E-state index is -2.63. The predicted molar refractivity (Wildman–Crippen MR) is 44.6 cm³/mol. The maximum Gasteiger partial charge on any atom is 0.345 e. The molecule has 2 heterocycles. The van der Waals surface area contributed by atoms with E-state index in [9.17, 15) is 8.78 Å². The number of ether oxygens (including phenoxy) is 1. The highest BCUT2D eigenvalue weighted by molar-refractivity contribution is 5.08. The summed E-state index contributed by atoms with van der Waals surface area (Å²) in [5.74, 6) is 0.640. The Hall–Kier alpha value is -0.220. The van der Waals surface area contributed by atoms with Crippen LogP contribution in [0.15, 0.2) is 0 Å². The number of piperidine rings is 1. The van der Waals surface area contributed by atoms with Gasteiger partial charge < -0.3 is 10.1 Å². The number of alkyl halides is 2. The smallest absolute Gasteiger partial charge is 0.321 e. The van der Waals surface area contributed by atoms with Gasteiger partial charge in [0.25, 0.3) is 0 Å². The third kappa shape index (κ3) is 1.83. The largest absolute Gasteiger partial charge is 0.345 e. The number of hydrogen-bond donors (Lipinski definition) is 1. The van der Waals surface area contributed by atoms with E-state index in [0.717, 1.165) is 12.8 Å². The van der Waals surface area contributed by atoms with E-state index < -0.39 is 6.61 Å². The van der Waals surface area contributed by atoms with Gasteiger partial charge in [-0.25, -0.2) is 0 Å². The number of hydrogen-bond acceptors (Lipinski definition) is 2. The zero-order chi connectivity index (χ0) is 9.47. The molecule has 2 bridgehead atoms. The first-order chi connectivity index (χ1) is 6.10. The van der Waals surface area contributed by atoms with Gasteiger partial charge in [-0.05, 0) is 25.2 Å². The molecule has 3 unspecified atom stereocenters. The Labute approximate surface area is 76.6 Å². The number of nitrogens with one attached hydrogen (secondary N) is 1. The van der Waals surface area contributed by atoms with E-state index in [1.165, 1.54) is 6.42 Å². The molecular weight excluding hydrogens is 176 g/mol. The van der Waals surface area contributed by atoms with Crippen molar-refractivity contribution in [1.29, 1.82) is 0 Å². The quantitative estimate of drug-likeness (QED) is 0.733. The second kappa shape index (κ2) is 3.17. The van der Waals surface area contributed by atoms with Gasteiger partial charge in [0.15, 0.2) is 0 Å². The molecule has 76 valence electrons. The molecule has 3 fully saturated rings. The summed E-state index contributed by atoms with van der Waals surface area (Å²) >= 11 is 0. The van der Waals surface area contributed by atoms with Crippen molar-refractivity contribution in [2.45, 2.75) is 44.4 Å². The van der Waals surface area contributed by atoms with Crippen LogP contribution in [0.5, 0.6) is 0 Å². The van der Waals surface area contributed by atoms with Crippen LogP contribution in [0.2, 0.25) is 0 Å². The van der Waals surface area contributed by atoms with E-state index in [4.69, 9.17) is 0 Å². The van der Waals surface area contributed by atoms with Crippen molar-refractivity contribution >= 4 is 0 Å². The van der Waals surface area contributed by atoms with Crippen molar-refractivity contribution in [2.75, 3.05) is 6.61 Å². The molecule has 0 amide bonds. The molecule has 0 spiro atoms. The van der Waals surface area contributed by atoms with E-state index in [1.807, 2.05) is 0 Å². The molecule has 4 heteroatoms. The van der Waals surface area contributed by atoms with Gasteiger partial charge in [0.05, 0.1) is 6.61 Å². The molecule has 13 heavy (non-hydrogen) atoms. The van der Waals surface area contributed by atoms with Gasteiger partial charge in [-0.2, -0.15) is 8.78 Å². The van der Waals surface area contributed by atoms with Gasteiger partial charge in [0.1, 0.15) is 0 Å². The third-order valence-electron chi connectivity index (χ3n) is 3.06. The molecule has 2 nitrogen and oxygen atoms in total. The van der Waals surface area contributed by atoms with Crippen LogP contribution in [0.1, 0.15) is 26.2 Å². The summed E-state index contributed by atoms with van der Waals surface area (Å²) in [7, 11) is 0. The molecule has 2 saturated heterocycles. The van der Waals surface area contributed by atoms with E-state index >= 15 is 0 Å². The summed E-state index contributed by atoms with van der Waals surface area (Å²) < 4.78 is 28.0. The zero-order valence-electron chi connectivity index (χ0n) is 7.72. The molecule has 3 aliphatic rings. The Balaban J connectivity index is 1.84. The minimum absolute atomic E-state index is 0.126. The van der Waals surface area contributed by atoms with Crippen LogP contribution in [-0.4, -0.2) is 24.8 Å². The van der Waals surface area contributed by atoms with Crippen LogP contribution in [0, 0.1) is 5.92 Å². The normalized spacial score (nSPS) is 43.4. The lowest BCUT2D eigenvalue weighted by Crippen LogP contribution is -2.70. The second-order valence-corrected chi connectivity index (χ2v) is 4.44. The lowest BCUT2D eigenvalue weighted by Gasteiger charge is -2.55.